The van der Waals surface area contributed by atoms with Crippen LogP contribution in [0.1, 0.15) is 36.7 Å². The fraction of sp³-hybridized carbons (Fsp3) is 0.421. The number of hydrogen-bond donors (Lipinski definition) is 1. The fourth-order valence-electron chi connectivity index (χ4n) is 2.83. The van der Waals surface area contributed by atoms with Gasteiger partial charge in [-0.15, -0.1) is 11.3 Å². The molecule has 7 heteroatoms. The van der Waals surface area contributed by atoms with E-state index in [-0.39, 0.29) is 11.9 Å². The summed E-state index contributed by atoms with van der Waals surface area (Å²) in [6.07, 6.45) is 2.66. The molecule has 6 nitrogen and oxygen atoms in total. The van der Waals surface area contributed by atoms with Crippen LogP contribution in [0, 0.1) is 0 Å². The van der Waals surface area contributed by atoms with E-state index in [0.29, 0.717) is 12.1 Å². The summed E-state index contributed by atoms with van der Waals surface area (Å²) in [7, 11) is 4.06. The highest BCUT2D eigenvalue weighted by Crippen LogP contribution is 2.28. The number of carbonyl (C=O) groups excluding carboxylic acids is 1. The van der Waals surface area contributed by atoms with Crippen LogP contribution in [0.15, 0.2) is 29.8 Å². The second-order valence-electron chi connectivity index (χ2n) is 6.87. The average Bonchev–Trinajstić information content (AvgIpc) is 3.26. The Morgan fingerprint density at radius 3 is 2.85 bits per heavy atom. The molecule has 1 amide bonds. The van der Waals surface area contributed by atoms with E-state index in [1.165, 1.54) is 0 Å². The number of pyridine rings is 1. The first-order valence-electron chi connectivity index (χ1n) is 8.82. The molecule has 3 heterocycles. The Bertz CT molecular complexity index is 883. The Labute approximate surface area is 157 Å². The third kappa shape index (κ3) is 3.94. The first-order valence-corrected chi connectivity index (χ1v) is 9.70. The van der Waals surface area contributed by atoms with Crippen molar-refractivity contribution in [1.29, 1.82) is 0 Å². The Balaban J connectivity index is 1.96. The van der Waals surface area contributed by atoms with Crippen LogP contribution in [-0.2, 0) is 0 Å². The number of aromatic nitrogens is 3. The molecule has 0 aliphatic rings. The van der Waals surface area contributed by atoms with Crippen LogP contribution in [0.2, 0.25) is 0 Å². The van der Waals surface area contributed by atoms with Gasteiger partial charge in [-0.2, -0.15) is 5.10 Å². The third-order valence-corrected chi connectivity index (χ3v) is 5.03. The van der Waals surface area contributed by atoms with Crippen molar-refractivity contribution in [2.75, 3.05) is 27.2 Å². The molecule has 0 aliphatic carbocycles. The van der Waals surface area contributed by atoms with Crippen LogP contribution >= 0.6 is 11.3 Å². The summed E-state index contributed by atoms with van der Waals surface area (Å²) in [5.74, 6) is -0.0720. The predicted octanol–water partition coefficient (Wildman–Crippen LogP) is 3.42. The number of hydrogen-bond acceptors (Lipinski definition) is 5. The van der Waals surface area contributed by atoms with Crippen molar-refractivity contribution >= 4 is 28.3 Å². The van der Waals surface area contributed by atoms with Crippen LogP contribution in [0.3, 0.4) is 0 Å². The largest absolute Gasteiger partial charge is 0.352 e. The Morgan fingerprint density at radius 1 is 1.38 bits per heavy atom. The van der Waals surface area contributed by atoms with Crippen molar-refractivity contribution in [2.24, 2.45) is 0 Å². The number of rotatable bonds is 7. The third-order valence-electron chi connectivity index (χ3n) is 4.14. The minimum atomic E-state index is -0.0720. The normalized spacial score (nSPS) is 11.6. The SMILES string of the molecule is CC(C)n1ncc2c(C(=O)NCCCN(C)C)cc(-c3cccs3)nc21. The molecule has 0 aliphatic heterocycles. The van der Waals surface area contributed by atoms with E-state index in [0.717, 1.165) is 34.6 Å². The Hall–Kier alpha value is -2.25. The van der Waals surface area contributed by atoms with Gasteiger partial charge in [0.2, 0.25) is 0 Å². The Kier molecular flexibility index (Phi) is 5.68. The number of amides is 1. The molecule has 3 aromatic rings. The van der Waals surface area contributed by atoms with Gasteiger partial charge >= 0.3 is 0 Å². The van der Waals surface area contributed by atoms with Gasteiger partial charge in [-0.1, -0.05) is 6.07 Å². The van der Waals surface area contributed by atoms with Crippen LogP contribution in [-0.4, -0.2) is 52.8 Å². The first kappa shape index (κ1) is 18.5. The molecule has 0 spiro atoms. The van der Waals surface area contributed by atoms with Crippen molar-refractivity contribution in [3.05, 3.63) is 35.3 Å². The molecule has 0 unspecified atom stereocenters. The molecule has 0 fully saturated rings. The second-order valence-corrected chi connectivity index (χ2v) is 7.81. The van der Waals surface area contributed by atoms with Crippen LogP contribution in [0.4, 0.5) is 0 Å². The molecule has 3 aromatic heterocycles. The molecule has 0 saturated carbocycles. The highest BCUT2D eigenvalue weighted by molar-refractivity contribution is 7.13. The van der Waals surface area contributed by atoms with Crippen molar-refractivity contribution in [1.82, 2.24) is 25.0 Å². The summed E-state index contributed by atoms with van der Waals surface area (Å²) in [5, 5.41) is 10.3. The molecule has 26 heavy (non-hydrogen) atoms. The average molecular weight is 372 g/mol. The monoisotopic (exact) mass is 371 g/mol. The predicted molar refractivity (Wildman–Crippen MR) is 107 cm³/mol. The van der Waals surface area contributed by atoms with Crippen LogP contribution in [0.25, 0.3) is 21.6 Å². The zero-order valence-electron chi connectivity index (χ0n) is 15.7. The zero-order valence-corrected chi connectivity index (χ0v) is 16.5. The van der Waals surface area contributed by atoms with E-state index in [2.05, 4.69) is 29.2 Å². The number of carbonyl (C=O) groups is 1. The van der Waals surface area contributed by atoms with Gasteiger partial charge in [-0.05, 0) is 58.4 Å². The van der Waals surface area contributed by atoms with E-state index in [1.807, 2.05) is 42.4 Å². The van der Waals surface area contributed by atoms with E-state index >= 15 is 0 Å². The minimum absolute atomic E-state index is 0.0720. The van der Waals surface area contributed by atoms with Crippen LogP contribution in [0.5, 0.6) is 0 Å². The van der Waals surface area contributed by atoms with Gasteiger partial charge in [-0.25, -0.2) is 9.67 Å². The highest BCUT2D eigenvalue weighted by Gasteiger charge is 2.18. The summed E-state index contributed by atoms with van der Waals surface area (Å²) >= 11 is 1.62. The lowest BCUT2D eigenvalue weighted by molar-refractivity contribution is 0.0954. The van der Waals surface area contributed by atoms with Crippen molar-refractivity contribution in [2.45, 2.75) is 26.3 Å². The molecular weight excluding hydrogens is 346 g/mol. The maximum atomic E-state index is 12.8. The van der Waals surface area contributed by atoms with Crippen molar-refractivity contribution in [3.8, 4) is 10.6 Å². The highest BCUT2D eigenvalue weighted by atomic mass is 32.1. The second kappa shape index (κ2) is 7.97. The summed E-state index contributed by atoms with van der Waals surface area (Å²) in [5.41, 5.74) is 2.20. The van der Waals surface area contributed by atoms with Gasteiger partial charge in [0.1, 0.15) is 0 Å². The smallest absolute Gasteiger partial charge is 0.252 e. The molecular formula is C19H25N5OS. The molecule has 0 atom stereocenters. The lowest BCUT2D eigenvalue weighted by Gasteiger charge is -2.12. The van der Waals surface area contributed by atoms with Gasteiger partial charge < -0.3 is 10.2 Å². The maximum Gasteiger partial charge on any atom is 0.252 e. The van der Waals surface area contributed by atoms with Crippen LogP contribution < -0.4 is 5.32 Å². The number of nitrogens with one attached hydrogen (secondary N) is 1. The van der Waals surface area contributed by atoms with E-state index in [4.69, 9.17) is 4.98 Å². The number of nitrogens with zero attached hydrogens (tertiary/aromatic N) is 4. The summed E-state index contributed by atoms with van der Waals surface area (Å²) in [6.45, 7) is 5.71. The topological polar surface area (TPSA) is 63.1 Å². The number of thiophene rings is 1. The van der Waals surface area contributed by atoms with Crippen molar-refractivity contribution in [3.63, 3.8) is 0 Å². The fourth-order valence-corrected chi connectivity index (χ4v) is 3.51. The molecule has 138 valence electrons. The molecule has 1 N–H and O–H groups in total. The standard InChI is InChI=1S/C19H25N5OS/c1-13(2)24-18-15(12-21-24)14(19(25)20-8-6-9-23(3)4)11-16(22-18)17-7-5-10-26-17/h5,7,10-13H,6,8-9H2,1-4H3,(H,20,25). The lowest BCUT2D eigenvalue weighted by Crippen LogP contribution is -2.27. The molecule has 0 radical (unpaired) electrons. The summed E-state index contributed by atoms with van der Waals surface area (Å²) in [6, 6.07) is 6.07. The lowest BCUT2D eigenvalue weighted by atomic mass is 10.1. The quantitative estimate of drug-likeness (QED) is 0.647. The zero-order chi connectivity index (χ0) is 18.7. The molecule has 0 bridgehead atoms. The molecule has 0 saturated heterocycles. The van der Waals surface area contributed by atoms with E-state index in [9.17, 15) is 4.79 Å². The van der Waals surface area contributed by atoms with Gasteiger partial charge in [0.25, 0.3) is 5.91 Å². The number of fused-ring (bicyclic) bond motifs is 1. The van der Waals surface area contributed by atoms with Gasteiger partial charge in [-0.3, -0.25) is 4.79 Å². The maximum absolute atomic E-state index is 12.8. The van der Waals surface area contributed by atoms with Crippen molar-refractivity contribution < 1.29 is 4.79 Å². The Morgan fingerprint density at radius 2 is 2.19 bits per heavy atom. The van der Waals surface area contributed by atoms with E-state index < -0.39 is 0 Å². The summed E-state index contributed by atoms with van der Waals surface area (Å²) in [4.78, 5) is 20.8. The first-order chi connectivity index (χ1) is 12.5. The van der Waals surface area contributed by atoms with Gasteiger partial charge in [0.15, 0.2) is 5.65 Å². The summed E-state index contributed by atoms with van der Waals surface area (Å²) < 4.78 is 1.87. The molecule has 0 aromatic carbocycles. The van der Waals surface area contributed by atoms with E-state index in [1.54, 1.807) is 17.5 Å². The van der Waals surface area contributed by atoms with Gasteiger partial charge in [0, 0.05) is 12.6 Å². The molecule has 3 rings (SSSR count). The van der Waals surface area contributed by atoms with Gasteiger partial charge in [0.05, 0.1) is 27.7 Å². The minimum Gasteiger partial charge on any atom is -0.352 e.